The summed E-state index contributed by atoms with van der Waals surface area (Å²) < 4.78 is 5.16. The largest absolute Gasteiger partial charge is 0.481 e. The Labute approximate surface area is 99.7 Å². The molecule has 1 saturated carbocycles. The second kappa shape index (κ2) is 4.91. The topological polar surface area (TPSA) is 87.7 Å². The van der Waals surface area contributed by atoms with Gasteiger partial charge in [-0.3, -0.25) is 4.79 Å². The molecule has 3 N–H and O–H groups in total. The Morgan fingerprint density at radius 3 is 2.47 bits per heavy atom. The number of rotatable bonds is 4. The second-order valence-electron chi connectivity index (χ2n) is 4.80. The maximum absolute atomic E-state index is 11.5. The Kier molecular flexibility index (Phi) is 3.51. The first-order chi connectivity index (χ1) is 8.12. The minimum Gasteiger partial charge on any atom is -0.481 e. The standard InChI is InChI=1S/C11H18N2O4/c14-9(15)11(3-5-17-6-4-11)7-12-10(16)13-8-1-2-8/h8H,1-7H2,(H,14,15)(H2,12,13,16). The van der Waals surface area contributed by atoms with E-state index in [0.717, 1.165) is 12.8 Å². The van der Waals surface area contributed by atoms with Crippen molar-refractivity contribution in [2.24, 2.45) is 5.41 Å². The second-order valence-corrected chi connectivity index (χ2v) is 4.80. The Bertz CT molecular complexity index is 309. The first kappa shape index (κ1) is 12.2. The zero-order valence-electron chi connectivity index (χ0n) is 9.70. The molecule has 1 aliphatic heterocycles. The molecule has 0 aromatic heterocycles. The zero-order chi connectivity index (χ0) is 12.3. The van der Waals surface area contributed by atoms with Gasteiger partial charge < -0.3 is 20.5 Å². The number of carbonyl (C=O) groups excluding carboxylic acids is 1. The van der Waals surface area contributed by atoms with Crippen LogP contribution in [0.3, 0.4) is 0 Å². The van der Waals surface area contributed by atoms with Gasteiger partial charge in [-0.25, -0.2) is 4.79 Å². The molecule has 1 aliphatic carbocycles. The lowest BCUT2D eigenvalue weighted by atomic mass is 9.80. The average molecular weight is 242 g/mol. The monoisotopic (exact) mass is 242 g/mol. The highest BCUT2D eigenvalue weighted by Crippen LogP contribution is 2.30. The number of carboxylic acid groups (broad SMARTS) is 1. The van der Waals surface area contributed by atoms with Crippen molar-refractivity contribution < 1.29 is 19.4 Å². The van der Waals surface area contributed by atoms with Crippen molar-refractivity contribution in [3.8, 4) is 0 Å². The lowest BCUT2D eigenvalue weighted by Crippen LogP contribution is -2.49. The van der Waals surface area contributed by atoms with Gasteiger partial charge in [0.2, 0.25) is 0 Å². The van der Waals surface area contributed by atoms with Crippen LogP contribution < -0.4 is 10.6 Å². The summed E-state index contributed by atoms with van der Waals surface area (Å²) >= 11 is 0. The summed E-state index contributed by atoms with van der Waals surface area (Å²) in [5, 5.41) is 14.7. The van der Waals surface area contributed by atoms with Crippen LogP contribution in [-0.2, 0) is 9.53 Å². The molecular formula is C11H18N2O4. The maximum Gasteiger partial charge on any atom is 0.315 e. The highest BCUT2D eigenvalue weighted by molar-refractivity contribution is 5.78. The minimum absolute atomic E-state index is 0.171. The fraction of sp³-hybridized carbons (Fsp3) is 0.818. The summed E-state index contributed by atoms with van der Waals surface area (Å²) in [5.41, 5.74) is -0.862. The summed E-state index contributed by atoms with van der Waals surface area (Å²) in [7, 11) is 0. The number of urea groups is 1. The Morgan fingerprint density at radius 1 is 1.29 bits per heavy atom. The molecule has 1 saturated heterocycles. The van der Waals surface area contributed by atoms with Crippen LogP contribution in [0.25, 0.3) is 0 Å². The van der Waals surface area contributed by atoms with E-state index in [0.29, 0.717) is 26.1 Å². The average Bonchev–Trinajstić information content (AvgIpc) is 3.11. The summed E-state index contributed by atoms with van der Waals surface area (Å²) in [5.74, 6) is -0.854. The van der Waals surface area contributed by atoms with Gasteiger partial charge in [0.15, 0.2) is 0 Å². The van der Waals surface area contributed by atoms with Crippen LogP contribution in [0.15, 0.2) is 0 Å². The van der Waals surface area contributed by atoms with E-state index in [9.17, 15) is 14.7 Å². The van der Waals surface area contributed by atoms with Gasteiger partial charge in [0.1, 0.15) is 0 Å². The molecule has 0 spiro atoms. The molecule has 1 heterocycles. The SMILES string of the molecule is O=C(NCC1(C(=O)O)CCOCC1)NC1CC1. The fourth-order valence-electron chi connectivity index (χ4n) is 1.94. The van der Waals surface area contributed by atoms with E-state index in [-0.39, 0.29) is 18.6 Å². The number of carbonyl (C=O) groups is 2. The van der Waals surface area contributed by atoms with E-state index in [1.165, 1.54) is 0 Å². The third kappa shape index (κ3) is 3.09. The number of hydrogen-bond donors (Lipinski definition) is 3. The normalized spacial score (nSPS) is 22.8. The number of ether oxygens (including phenoxy) is 1. The first-order valence-electron chi connectivity index (χ1n) is 5.98. The van der Waals surface area contributed by atoms with Crippen LogP contribution >= 0.6 is 0 Å². The van der Waals surface area contributed by atoms with Gasteiger partial charge in [-0.05, 0) is 25.7 Å². The lowest BCUT2D eigenvalue weighted by molar-refractivity contribution is -0.154. The van der Waals surface area contributed by atoms with Gasteiger partial charge in [0, 0.05) is 25.8 Å². The molecule has 2 aliphatic rings. The number of hydrogen-bond acceptors (Lipinski definition) is 3. The Balaban J connectivity index is 1.83. The predicted octanol–water partition coefficient (Wildman–Crippen LogP) is 0.329. The number of amides is 2. The van der Waals surface area contributed by atoms with E-state index in [4.69, 9.17) is 4.74 Å². The molecule has 2 rings (SSSR count). The van der Waals surface area contributed by atoms with Crippen molar-refractivity contribution in [3.05, 3.63) is 0 Å². The molecule has 0 aromatic carbocycles. The predicted molar refractivity (Wildman–Crippen MR) is 59.7 cm³/mol. The van der Waals surface area contributed by atoms with Crippen molar-refractivity contribution in [3.63, 3.8) is 0 Å². The van der Waals surface area contributed by atoms with E-state index in [2.05, 4.69) is 10.6 Å². The van der Waals surface area contributed by atoms with E-state index in [1.807, 2.05) is 0 Å². The molecule has 6 heteroatoms. The van der Waals surface area contributed by atoms with E-state index < -0.39 is 11.4 Å². The fourth-order valence-corrected chi connectivity index (χ4v) is 1.94. The van der Waals surface area contributed by atoms with E-state index >= 15 is 0 Å². The van der Waals surface area contributed by atoms with Crippen LogP contribution in [-0.4, -0.2) is 42.9 Å². The smallest absolute Gasteiger partial charge is 0.315 e. The third-order valence-electron chi connectivity index (χ3n) is 3.40. The molecule has 0 radical (unpaired) electrons. The van der Waals surface area contributed by atoms with E-state index in [1.54, 1.807) is 0 Å². The minimum atomic E-state index is -0.862. The highest BCUT2D eigenvalue weighted by atomic mass is 16.5. The molecular weight excluding hydrogens is 224 g/mol. The number of nitrogens with one attached hydrogen (secondary N) is 2. The van der Waals surface area contributed by atoms with Crippen molar-refractivity contribution in [1.29, 1.82) is 0 Å². The molecule has 96 valence electrons. The summed E-state index contributed by atoms with van der Waals surface area (Å²) in [4.78, 5) is 22.8. The molecule has 0 aromatic rings. The van der Waals surface area contributed by atoms with Crippen LogP contribution in [0.4, 0.5) is 4.79 Å². The summed E-state index contributed by atoms with van der Waals surface area (Å²) in [6.07, 6.45) is 2.94. The van der Waals surface area contributed by atoms with Gasteiger partial charge >= 0.3 is 12.0 Å². The highest BCUT2D eigenvalue weighted by Gasteiger charge is 2.40. The number of carboxylic acids is 1. The summed E-state index contributed by atoms with van der Waals surface area (Å²) in [6.45, 7) is 1.06. The van der Waals surface area contributed by atoms with Crippen LogP contribution in [0.2, 0.25) is 0 Å². The molecule has 0 bridgehead atoms. The molecule has 2 fully saturated rings. The summed E-state index contributed by atoms with van der Waals surface area (Å²) in [6, 6.07) is 0.0186. The van der Waals surface area contributed by atoms with Crippen LogP contribution in [0.1, 0.15) is 25.7 Å². The third-order valence-corrected chi connectivity index (χ3v) is 3.40. The van der Waals surface area contributed by atoms with Gasteiger partial charge in [-0.2, -0.15) is 0 Å². The van der Waals surface area contributed by atoms with Gasteiger partial charge in [0.25, 0.3) is 0 Å². The molecule has 0 atom stereocenters. The quantitative estimate of drug-likeness (QED) is 0.663. The maximum atomic E-state index is 11.5. The first-order valence-corrected chi connectivity index (χ1v) is 5.98. The lowest BCUT2D eigenvalue weighted by Gasteiger charge is -2.33. The van der Waals surface area contributed by atoms with Crippen molar-refractivity contribution in [1.82, 2.24) is 10.6 Å². The molecule has 0 unspecified atom stereocenters. The zero-order valence-corrected chi connectivity index (χ0v) is 9.70. The van der Waals surface area contributed by atoms with Gasteiger partial charge in [-0.15, -0.1) is 0 Å². The Hall–Kier alpha value is -1.30. The Morgan fingerprint density at radius 2 is 1.94 bits per heavy atom. The molecule has 6 nitrogen and oxygen atoms in total. The molecule has 17 heavy (non-hydrogen) atoms. The van der Waals surface area contributed by atoms with Crippen LogP contribution in [0.5, 0.6) is 0 Å². The van der Waals surface area contributed by atoms with Gasteiger partial charge in [0.05, 0.1) is 5.41 Å². The van der Waals surface area contributed by atoms with Crippen molar-refractivity contribution in [2.45, 2.75) is 31.7 Å². The van der Waals surface area contributed by atoms with Gasteiger partial charge in [-0.1, -0.05) is 0 Å². The van der Waals surface area contributed by atoms with Crippen LogP contribution in [0, 0.1) is 5.41 Å². The number of aliphatic carboxylic acids is 1. The molecule has 2 amide bonds. The van der Waals surface area contributed by atoms with Crippen molar-refractivity contribution in [2.75, 3.05) is 19.8 Å². The van der Waals surface area contributed by atoms with Crippen molar-refractivity contribution >= 4 is 12.0 Å².